The first-order chi connectivity index (χ1) is 6.07. The molecule has 0 bridgehead atoms. The number of halogens is 3. The van der Waals surface area contributed by atoms with E-state index in [-0.39, 0.29) is 10.6 Å². The van der Waals surface area contributed by atoms with E-state index in [4.69, 9.17) is 11.0 Å². The molecule has 0 heterocycles. The van der Waals surface area contributed by atoms with Crippen molar-refractivity contribution in [1.82, 2.24) is 0 Å². The van der Waals surface area contributed by atoms with Gasteiger partial charge in [0.05, 0.1) is 10.6 Å². The van der Waals surface area contributed by atoms with Crippen LogP contribution in [0.3, 0.4) is 0 Å². The van der Waals surface area contributed by atoms with Crippen molar-refractivity contribution in [1.29, 1.82) is 5.26 Å². The first-order valence-electron chi connectivity index (χ1n) is 3.06. The third-order valence-electron chi connectivity index (χ3n) is 1.29. The molecule has 0 amide bonds. The molecule has 0 aliphatic heterocycles. The SMILES string of the molecule is N#CSc1c(N)cc(F)c(F)c1F. The van der Waals surface area contributed by atoms with E-state index in [2.05, 4.69) is 0 Å². The van der Waals surface area contributed by atoms with Crippen molar-refractivity contribution < 1.29 is 13.2 Å². The summed E-state index contributed by atoms with van der Waals surface area (Å²) in [5, 5.41) is 9.72. The van der Waals surface area contributed by atoms with Gasteiger partial charge >= 0.3 is 0 Å². The minimum atomic E-state index is -1.62. The lowest BCUT2D eigenvalue weighted by Crippen LogP contribution is -1.98. The van der Waals surface area contributed by atoms with Crippen molar-refractivity contribution in [2.45, 2.75) is 4.90 Å². The Balaban J connectivity index is 3.36. The lowest BCUT2D eigenvalue weighted by Gasteiger charge is -2.03. The van der Waals surface area contributed by atoms with E-state index in [1.54, 1.807) is 0 Å². The number of hydrogen-bond donors (Lipinski definition) is 1. The van der Waals surface area contributed by atoms with Gasteiger partial charge in [-0.3, -0.25) is 0 Å². The number of nitrogen functional groups attached to an aromatic ring is 1. The maximum Gasteiger partial charge on any atom is 0.195 e. The number of benzene rings is 1. The molecule has 0 aliphatic carbocycles. The Bertz CT molecular complexity index is 386. The minimum Gasteiger partial charge on any atom is -0.398 e. The van der Waals surface area contributed by atoms with Gasteiger partial charge in [0, 0.05) is 6.07 Å². The molecule has 0 unspecified atom stereocenters. The number of nitriles is 1. The van der Waals surface area contributed by atoms with Gasteiger partial charge in [-0.05, 0) is 11.8 Å². The van der Waals surface area contributed by atoms with E-state index in [9.17, 15) is 13.2 Å². The fraction of sp³-hybridized carbons (Fsp3) is 0. The molecule has 0 atom stereocenters. The summed E-state index contributed by atoms with van der Waals surface area (Å²) in [5.41, 5.74) is 4.87. The van der Waals surface area contributed by atoms with Gasteiger partial charge in [-0.1, -0.05) is 0 Å². The average Bonchev–Trinajstić information content (AvgIpc) is 2.09. The topological polar surface area (TPSA) is 49.8 Å². The second kappa shape index (κ2) is 3.58. The van der Waals surface area contributed by atoms with E-state index >= 15 is 0 Å². The second-order valence-electron chi connectivity index (χ2n) is 2.10. The summed E-state index contributed by atoms with van der Waals surface area (Å²) >= 11 is 0.350. The Kier molecular flexibility index (Phi) is 2.68. The largest absolute Gasteiger partial charge is 0.398 e. The van der Waals surface area contributed by atoms with Gasteiger partial charge in [-0.25, -0.2) is 13.2 Å². The van der Waals surface area contributed by atoms with Crippen LogP contribution in [0.15, 0.2) is 11.0 Å². The standard InChI is InChI=1S/C7H3F3N2S/c8-3-1-4(12)7(13-2-11)6(10)5(3)9/h1H,12H2. The molecule has 0 aliphatic rings. The zero-order valence-corrected chi connectivity index (χ0v) is 6.96. The molecule has 0 saturated carbocycles. The van der Waals surface area contributed by atoms with Gasteiger partial charge in [0.25, 0.3) is 0 Å². The maximum atomic E-state index is 12.8. The van der Waals surface area contributed by atoms with E-state index in [0.29, 0.717) is 17.8 Å². The highest BCUT2D eigenvalue weighted by molar-refractivity contribution is 8.03. The predicted octanol–water partition coefficient (Wildman–Crippen LogP) is 2.26. The third kappa shape index (κ3) is 1.70. The van der Waals surface area contributed by atoms with Crippen molar-refractivity contribution in [2.75, 3.05) is 5.73 Å². The lowest BCUT2D eigenvalue weighted by molar-refractivity contribution is 0.437. The summed E-state index contributed by atoms with van der Waals surface area (Å²) in [7, 11) is 0. The average molecular weight is 204 g/mol. The highest BCUT2D eigenvalue weighted by Crippen LogP contribution is 2.30. The Labute approximate surface area is 76.1 Å². The molecular formula is C7H3F3N2S. The van der Waals surface area contributed by atoms with Crippen molar-refractivity contribution in [2.24, 2.45) is 0 Å². The molecule has 0 aromatic heterocycles. The number of hydrogen-bond acceptors (Lipinski definition) is 3. The van der Waals surface area contributed by atoms with Crippen LogP contribution in [0.25, 0.3) is 0 Å². The first kappa shape index (κ1) is 9.74. The number of thiocyanates is 1. The van der Waals surface area contributed by atoms with Crippen molar-refractivity contribution in [3.63, 3.8) is 0 Å². The fourth-order valence-electron chi connectivity index (χ4n) is 0.746. The van der Waals surface area contributed by atoms with Crippen LogP contribution >= 0.6 is 11.8 Å². The zero-order chi connectivity index (χ0) is 10.0. The van der Waals surface area contributed by atoms with Crippen LogP contribution in [-0.2, 0) is 0 Å². The number of nitrogens with zero attached hydrogens (tertiary/aromatic N) is 1. The smallest absolute Gasteiger partial charge is 0.195 e. The van der Waals surface area contributed by atoms with Gasteiger partial charge in [0.15, 0.2) is 17.5 Å². The molecule has 0 radical (unpaired) electrons. The number of anilines is 1. The van der Waals surface area contributed by atoms with E-state index in [0.717, 1.165) is 0 Å². The monoisotopic (exact) mass is 204 g/mol. The van der Waals surface area contributed by atoms with Crippen LogP contribution in [0, 0.1) is 28.1 Å². The van der Waals surface area contributed by atoms with Crippen molar-refractivity contribution >= 4 is 17.4 Å². The van der Waals surface area contributed by atoms with Gasteiger partial charge in [0.2, 0.25) is 0 Å². The molecule has 2 N–H and O–H groups in total. The molecule has 13 heavy (non-hydrogen) atoms. The van der Waals surface area contributed by atoms with Crippen LogP contribution in [0.5, 0.6) is 0 Å². The van der Waals surface area contributed by atoms with Gasteiger partial charge in [0.1, 0.15) is 5.40 Å². The Hall–Kier alpha value is -1.35. The van der Waals surface area contributed by atoms with Crippen LogP contribution < -0.4 is 5.73 Å². The van der Waals surface area contributed by atoms with Crippen LogP contribution in [0.1, 0.15) is 0 Å². The molecular weight excluding hydrogens is 201 g/mol. The van der Waals surface area contributed by atoms with E-state index in [1.165, 1.54) is 5.40 Å². The van der Waals surface area contributed by atoms with E-state index in [1.807, 2.05) is 0 Å². The third-order valence-corrected chi connectivity index (χ3v) is 2.00. The molecule has 0 saturated heterocycles. The number of rotatable bonds is 1. The summed E-state index contributed by atoms with van der Waals surface area (Å²) < 4.78 is 37.9. The number of nitrogens with two attached hydrogens (primary N) is 1. The first-order valence-corrected chi connectivity index (χ1v) is 3.88. The molecule has 0 fully saturated rings. The summed E-state index contributed by atoms with van der Waals surface area (Å²) in [6.07, 6.45) is 0. The Morgan fingerprint density at radius 2 is 1.92 bits per heavy atom. The molecule has 1 aromatic carbocycles. The van der Waals surface area contributed by atoms with Gasteiger partial charge < -0.3 is 5.73 Å². The maximum absolute atomic E-state index is 12.8. The quantitative estimate of drug-likeness (QED) is 0.330. The van der Waals surface area contributed by atoms with Crippen LogP contribution in [0.4, 0.5) is 18.9 Å². The molecule has 2 nitrogen and oxygen atoms in total. The Morgan fingerprint density at radius 3 is 2.46 bits per heavy atom. The van der Waals surface area contributed by atoms with E-state index < -0.39 is 17.5 Å². The van der Waals surface area contributed by atoms with Gasteiger partial charge in [-0.15, -0.1) is 0 Å². The Morgan fingerprint density at radius 1 is 1.31 bits per heavy atom. The normalized spacial score (nSPS) is 9.69. The predicted molar refractivity (Wildman–Crippen MR) is 42.2 cm³/mol. The molecule has 68 valence electrons. The molecule has 1 rings (SSSR count). The fourth-order valence-corrected chi connectivity index (χ4v) is 1.19. The summed E-state index contributed by atoms with van der Waals surface area (Å²) in [6.45, 7) is 0. The van der Waals surface area contributed by atoms with Crippen molar-refractivity contribution in [3.8, 4) is 5.40 Å². The molecule has 0 spiro atoms. The highest BCUT2D eigenvalue weighted by atomic mass is 32.2. The van der Waals surface area contributed by atoms with Crippen LogP contribution in [-0.4, -0.2) is 0 Å². The second-order valence-corrected chi connectivity index (χ2v) is 2.89. The van der Waals surface area contributed by atoms with Crippen molar-refractivity contribution in [3.05, 3.63) is 23.5 Å². The summed E-state index contributed by atoms with van der Waals surface area (Å²) in [4.78, 5) is -0.388. The highest BCUT2D eigenvalue weighted by Gasteiger charge is 2.17. The van der Waals surface area contributed by atoms with Gasteiger partial charge in [-0.2, -0.15) is 5.26 Å². The minimum absolute atomic E-state index is 0.289. The lowest BCUT2D eigenvalue weighted by atomic mass is 10.3. The molecule has 6 heteroatoms. The zero-order valence-electron chi connectivity index (χ0n) is 6.14. The molecule has 1 aromatic rings. The summed E-state index contributed by atoms with van der Waals surface area (Å²) in [5.74, 6) is -4.41. The van der Waals surface area contributed by atoms with Crippen LogP contribution in [0.2, 0.25) is 0 Å². The summed E-state index contributed by atoms with van der Waals surface area (Å²) in [6, 6.07) is 0.637. The number of thioether (sulfide) groups is 1.